The van der Waals surface area contributed by atoms with Crippen molar-refractivity contribution in [2.75, 3.05) is 0 Å². The molecule has 124 valence electrons. The van der Waals surface area contributed by atoms with Crippen molar-refractivity contribution in [3.05, 3.63) is 88.0 Å². The van der Waals surface area contributed by atoms with Gasteiger partial charge in [-0.05, 0) is 22.4 Å². The quantitative estimate of drug-likeness (QED) is 0.441. The minimum absolute atomic E-state index is 0.0606. The van der Waals surface area contributed by atoms with Crippen LogP contribution in [-0.2, 0) is 11.2 Å². The number of amides is 1. The summed E-state index contributed by atoms with van der Waals surface area (Å²) in [5, 5.41) is 16.9. The van der Waals surface area contributed by atoms with Crippen LogP contribution in [0, 0.1) is 10.1 Å². The van der Waals surface area contributed by atoms with E-state index in [-0.39, 0.29) is 18.0 Å². The second-order valence-electron chi connectivity index (χ2n) is 5.42. The molecule has 0 aromatic heterocycles. The van der Waals surface area contributed by atoms with Gasteiger partial charge < -0.3 is 0 Å². The number of hydrogen-bond acceptors (Lipinski definition) is 4. The summed E-state index contributed by atoms with van der Waals surface area (Å²) in [7, 11) is 0. The van der Waals surface area contributed by atoms with Gasteiger partial charge in [0, 0.05) is 6.07 Å². The second-order valence-corrected chi connectivity index (χ2v) is 5.42. The zero-order chi connectivity index (χ0) is 17.6. The normalized spacial score (nSPS) is 10.9. The number of carbonyl (C=O) groups is 1. The summed E-state index contributed by atoms with van der Waals surface area (Å²) < 4.78 is 0. The molecule has 6 nitrogen and oxygen atoms in total. The molecule has 0 saturated carbocycles. The van der Waals surface area contributed by atoms with Crippen LogP contribution >= 0.6 is 0 Å². The Morgan fingerprint density at radius 2 is 1.76 bits per heavy atom. The number of hydrogen-bond donors (Lipinski definition) is 1. The molecule has 1 amide bonds. The van der Waals surface area contributed by atoms with Crippen molar-refractivity contribution >= 4 is 28.6 Å². The molecule has 0 heterocycles. The van der Waals surface area contributed by atoms with E-state index in [0.29, 0.717) is 5.56 Å². The molecule has 0 atom stereocenters. The van der Waals surface area contributed by atoms with E-state index in [1.54, 1.807) is 18.2 Å². The molecule has 3 rings (SSSR count). The second kappa shape index (κ2) is 7.35. The van der Waals surface area contributed by atoms with E-state index in [1.165, 1.54) is 12.3 Å². The first-order chi connectivity index (χ1) is 12.1. The molecule has 0 spiro atoms. The standard InChI is InChI=1S/C19H15N3O3/c23-19(12-15-9-5-8-14-6-1-3-10-17(14)15)21-20-13-16-7-2-4-11-18(16)22(24)25/h1-11,13H,12H2,(H,21,23). The van der Waals surface area contributed by atoms with Gasteiger partial charge in [-0.1, -0.05) is 54.6 Å². The molecule has 0 saturated heterocycles. The third-order valence-corrected chi connectivity index (χ3v) is 3.76. The number of fused-ring (bicyclic) bond motifs is 1. The fourth-order valence-corrected chi connectivity index (χ4v) is 2.60. The van der Waals surface area contributed by atoms with Gasteiger partial charge in [0.2, 0.25) is 5.91 Å². The zero-order valence-corrected chi connectivity index (χ0v) is 13.3. The fraction of sp³-hybridized carbons (Fsp3) is 0.0526. The van der Waals surface area contributed by atoms with Crippen molar-refractivity contribution in [2.24, 2.45) is 5.10 Å². The lowest BCUT2D eigenvalue weighted by Gasteiger charge is -2.05. The minimum Gasteiger partial charge on any atom is -0.273 e. The van der Waals surface area contributed by atoms with Crippen LogP contribution in [0.5, 0.6) is 0 Å². The number of nitro benzene ring substituents is 1. The van der Waals surface area contributed by atoms with Gasteiger partial charge in [0.05, 0.1) is 23.1 Å². The Balaban J connectivity index is 1.70. The summed E-state index contributed by atoms with van der Waals surface area (Å²) in [6.45, 7) is 0. The molecule has 0 unspecified atom stereocenters. The molecule has 3 aromatic carbocycles. The molecule has 0 aliphatic heterocycles. The number of benzene rings is 3. The van der Waals surface area contributed by atoms with Crippen LogP contribution in [0.1, 0.15) is 11.1 Å². The molecule has 6 heteroatoms. The van der Waals surface area contributed by atoms with Gasteiger partial charge in [0.25, 0.3) is 5.69 Å². The maximum atomic E-state index is 12.1. The van der Waals surface area contributed by atoms with Crippen molar-refractivity contribution < 1.29 is 9.72 Å². The van der Waals surface area contributed by atoms with E-state index in [2.05, 4.69) is 10.5 Å². The molecule has 0 radical (unpaired) electrons. The average Bonchev–Trinajstić information content (AvgIpc) is 2.62. The van der Waals surface area contributed by atoms with Crippen molar-refractivity contribution in [3.63, 3.8) is 0 Å². The largest absolute Gasteiger partial charge is 0.278 e. The molecular weight excluding hydrogens is 318 g/mol. The molecule has 0 aliphatic carbocycles. The van der Waals surface area contributed by atoms with Crippen LogP contribution < -0.4 is 5.43 Å². The third kappa shape index (κ3) is 3.87. The summed E-state index contributed by atoms with van der Waals surface area (Å²) in [4.78, 5) is 22.6. The summed E-state index contributed by atoms with van der Waals surface area (Å²) in [5.74, 6) is -0.286. The van der Waals surface area contributed by atoms with Crippen LogP contribution in [0.2, 0.25) is 0 Å². The van der Waals surface area contributed by atoms with Gasteiger partial charge in [-0.3, -0.25) is 14.9 Å². The monoisotopic (exact) mass is 333 g/mol. The number of hydrazone groups is 1. The highest BCUT2D eigenvalue weighted by atomic mass is 16.6. The Hall–Kier alpha value is -3.54. The van der Waals surface area contributed by atoms with Gasteiger partial charge in [0.1, 0.15) is 0 Å². The number of nitro groups is 1. The number of rotatable bonds is 5. The first-order valence-corrected chi connectivity index (χ1v) is 7.67. The maximum absolute atomic E-state index is 12.1. The predicted octanol–water partition coefficient (Wildman–Crippen LogP) is 3.44. The highest BCUT2D eigenvalue weighted by Gasteiger charge is 2.10. The van der Waals surface area contributed by atoms with Crippen LogP contribution in [0.15, 0.2) is 71.8 Å². The summed E-state index contributed by atoms with van der Waals surface area (Å²) in [6.07, 6.45) is 1.45. The highest BCUT2D eigenvalue weighted by Crippen LogP contribution is 2.19. The zero-order valence-electron chi connectivity index (χ0n) is 13.3. The highest BCUT2D eigenvalue weighted by molar-refractivity contribution is 5.91. The van der Waals surface area contributed by atoms with Crippen LogP contribution in [-0.4, -0.2) is 17.0 Å². The fourth-order valence-electron chi connectivity index (χ4n) is 2.60. The lowest BCUT2D eigenvalue weighted by Crippen LogP contribution is -2.20. The van der Waals surface area contributed by atoms with Gasteiger partial charge in [-0.15, -0.1) is 0 Å². The van der Waals surface area contributed by atoms with E-state index in [0.717, 1.165) is 16.3 Å². The van der Waals surface area contributed by atoms with E-state index in [9.17, 15) is 14.9 Å². The maximum Gasteiger partial charge on any atom is 0.278 e. The number of para-hydroxylation sites is 1. The lowest BCUT2D eigenvalue weighted by atomic mass is 10.0. The van der Waals surface area contributed by atoms with Gasteiger partial charge in [-0.25, -0.2) is 5.43 Å². The van der Waals surface area contributed by atoms with Gasteiger partial charge >= 0.3 is 0 Å². The SMILES string of the molecule is O=C(Cc1cccc2ccccc12)NN=Cc1ccccc1[N+](=O)[O-]. The Bertz CT molecular complexity index is 962. The summed E-state index contributed by atoms with van der Waals surface area (Å²) in [5.41, 5.74) is 3.59. The van der Waals surface area contributed by atoms with Crippen molar-refractivity contribution in [1.82, 2.24) is 5.43 Å². The van der Waals surface area contributed by atoms with Crippen LogP contribution in [0.3, 0.4) is 0 Å². The lowest BCUT2D eigenvalue weighted by molar-refractivity contribution is -0.385. The van der Waals surface area contributed by atoms with E-state index >= 15 is 0 Å². The number of carbonyl (C=O) groups excluding carboxylic acids is 1. The smallest absolute Gasteiger partial charge is 0.273 e. The Labute approximate surface area is 143 Å². The molecule has 0 fully saturated rings. The molecule has 0 aliphatic rings. The van der Waals surface area contributed by atoms with Crippen molar-refractivity contribution in [2.45, 2.75) is 6.42 Å². The Kier molecular flexibility index (Phi) is 4.80. The van der Waals surface area contributed by atoms with Gasteiger partial charge in [-0.2, -0.15) is 5.10 Å². The molecule has 0 bridgehead atoms. The molecule has 3 aromatic rings. The number of nitrogens with zero attached hydrogens (tertiary/aromatic N) is 2. The Morgan fingerprint density at radius 3 is 2.60 bits per heavy atom. The van der Waals surface area contributed by atoms with Crippen LogP contribution in [0.25, 0.3) is 10.8 Å². The molecule has 1 N–H and O–H groups in total. The first kappa shape index (κ1) is 16.3. The Morgan fingerprint density at radius 1 is 1.04 bits per heavy atom. The summed E-state index contributed by atoms with van der Waals surface area (Å²) in [6, 6.07) is 19.8. The average molecular weight is 333 g/mol. The van der Waals surface area contributed by atoms with E-state index in [4.69, 9.17) is 0 Å². The van der Waals surface area contributed by atoms with Crippen molar-refractivity contribution in [1.29, 1.82) is 0 Å². The van der Waals surface area contributed by atoms with E-state index < -0.39 is 4.92 Å². The van der Waals surface area contributed by atoms with Crippen LogP contribution in [0.4, 0.5) is 5.69 Å². The third-order valence-electron chi connectivity index (χ3n) is 3.76. The molecular formula is C19H15N3O3. The van der Waals surface area contributed by atoms with Crippen molar-refractivity contribution in [3.8, 4) is 0 Å². The first-order valence-electron chi connectivity index (χ1n) is 7.67. The topological polar surface area (TPSA) is 84.6 Å². The van der Waals surface area contributed by atoms with E-state index in [1.807, 2.05) is 42.5 Å². The van der Waals surface area contributed by atoms with Gasteiger partial charge in [0.15, 0.2) is 0 Å². The predicted molar refractivity (Wildman–Crippen MR) is 96.5 cm³/mol. The number of nitrogens with one attached hydrogen (secondary N) is 1. The summed E-state index contributed by atoms with van der Waals surface area (Å²) >= 11 is 0. The minimum atomic E-state index is -0.487. The molecule has 25 heavy (non-hydrogen) atoms.